The first kappa shape index (κ1) is 18.0. The van der Waals surface area contributed by atoms with Crippen LogP contribution in [0.4, 0.5) is 5.88 Å². The van der Waals surface area contributed by atoms with Crippen LogP contribution in [0.2, 0.25) is 0 Å². The standard InChI is InChI=1S/C21H22N2O6/c1-13-14-10-17-18(28-9-8-27-17)11-15(14)21(6-2-3-7-21)12-22(13)20(24)16-4-5-19(29-16)23(25)26/h4-5,10-11,13H,2-3,6-9,12H2,1H3. The van der Waals surface area contributed by atoms with Crippen molar-refractivity contribution in [2.45, 2.75) is 44.1 Å². The van der Waals surface area contributed by atoms with Crippen molar-refractivity contribution < 1.29 is 23.6 Å². The molecule has 8 heteroatoms. The van der Waals surface area contributed by atoms with Gasteiger partial charge in [0.25, 0.3) is 5.91 Å². The van der Waals surface area contributed by atoms with Gasteiger partial charge in [0.05, 0.1) is 12.1 Å². The zero-order chi connectivity index (χ0) is 20.2. The zero-order valence-electron chi connectivity index (χ0n) is 16.2. The van der Waals surface area contributed by atoms with Crippen molar-refractivity contribution in [3.05, 3.63) is 51.3 Å². The lowest BCUT2D eigenvalue weighted by Crippen LogP contribution is -2.48. The Kier molecular flexibility index (Phi) is 4.04. The van der Waals surface area contributed by atoms with Gasteiger partial charge in [-0.15, -0.1) is 0 Å². The van der Waals surface area contributed by atoms with E-state index in [1.165, 1.54) is 17.7 Å². The summed E-state index contributed by atoms with van der Waals surface area (Å²) < 4.78 is 16.8. The molecular weight excluding hydrogens is 376 g/mol. The molecule has 2 aromatic rings. The second-order valence-electron chi connectivity index (χ2n) is 8.07. The molecule has 2 aliphatic heterocycles. The van der Waals surface area contributed by atoms with Crippen LogP contribution in [0.1, 0.15) is 60.3 Å². The SMILES string of the molecule is CC1c2cc3c(cc2C2(CCCC2)CN1C(=O)c1ccc([N+](=O)[O-])o1)OCCO3. The van der Waals surface area contributed by atoms with E-state index in [-0.39, 0.29) is 23.1 Å². The number of amides is 1. The van der Waals surface area contributed by atoms with Crippen LogP contribution in [0.25, 0.3) is 0 Å². The molecule has 0 bridgehead atoms. The molecule has 29 heavy (non-hydrogen) atoms. The van der Waals surface area contributed by atoms with Gasteiger partial charge in [-0.2, -0.15) is 0 Å². The first-order valence-corrected chi connectivity index (χ1v) is 9.98. The number of rotatable bonds is 2. The minimum absolute atomic E-state index is 0.00214. The molecule has 3 aliphatic rings. The zero-order valence-corrected chi connectivity index (χ0v) is 16.2. The van der Waals surface area contributed by atoms with E-state index in [9.17, 15) is 14.9 Å². The number of carbonyl (C=O) groups excluding carboxylic acids is 1. The normalized spacial score (nSPS) is 21.8. The summed E-state index contributed by atoms with van der Waals surface area (Å²) in [5.74, 6) is 0.733. The predicted molar refractivity (Wildman–Crippen MR) is 102 cm³/mol. The Morgan fingerprint density at radius 3 is 2.52 bits per heavy atom. The molecule has 1 fully saturated rings. The third-order valence-corrected chi connectivity index (χ3v) is 6.48. The number of fused-ring (bicyclic) bond motifs is 3. The average molecular weight is 398 g/mol. The van der Waals surface area contributed by atoms with Crippen molar-refractivity contribution in [3.63, 3.8) is 0 Å². The molecule has 0 N–H and O–H groups in total. The van der Waals surface area contributed by atoms with Gasteiger partial charge in [0.2, 0.25) is 0 Å². The third kappa shape index (κ3) is 2.77. The minimum atomic E-state index is -0.631. The van der Waals surface area contributed by atoms with Crippen LogP contribution in [-0.4, -0.2) is 35.5 Å². The van der Waals surface area contributed by atoms with Crippen molar-refractivity contribution in [3.8, 4) is 11.5 Å². The van der Waals surface area contributed by atoms with E-state index in [0.717, 1.165) is 37.0 Å². The number of hydrogen-bond donors (Lipinski definition) is 0. The van der Waals surface area contributed by atoms with Crippen molar-refractivity contribution in [2.75, 3.05) is 19.8 Å². The number of ether oxygens (including phenoxy) is 2. The van der Waals surface area contributed by atoms with Crippen LogP contribution in [0.5, 0.6) is 11.5 Å². The van der Waals surface area contributed by atoms with E-state index < -0.39 is 10.8 Å². The van der Waals surface area contributed by atoms with Gasteiger partial charge in [0.15, 0.2) is 17.3 Å². The van der Waals surface area contributed by atoms with Crippen LogP contribution in [0.3, 0.4) is 0 Å². The Labute approximate surface area is 167 Å². The molecule has 1 atom stereocenters. The third-order valence-electron chi connectivity index (χ3n) is 6.48. The number of nitrogens with zero attached hydrogens (tertiary/aromatic N) is 2. The maximum absolute atomic E-state index is 13.2. The number of carbonyl (C=O) groups is 1. The van der Waals surface area contributed by atoms with Gasteiger partial charge in [0.1, 0.15) is 18.1 Å². The largest absolute Gasteiger partial charge is 0.486 e. The molecule has 8 nitrogen and oxygen atoms in total. The van der Waals surface area contributed by atoms with Crippen LogP contribution in [-0.2, 0) is 5.41 Å². The van der Waals surface area contributed by atoms with Gasteiger partial charge >= 0.3 is 5.88 Å². The summed E-state index contributed by atoms with van der Waals surface area (Å²) in [6.07, 6.45) is 4.20. The summed E-state index contributed by atoms with van der Waals surface area (Å²) in [5.41, 5.74) is 2.16. The summed E-state index contributed by atoms with van der Waals surface area (Å²) in [7, 11) is 0. The van der Waals surface area contributed by atoms with E-state index in [1.54, 1.807) is 4.90 Å². The van der Waals surface area contributed by atoms with Gasteiger partial charge in [-0.3, -0.25) is 14.9 Å². The molecule has 1 saturated carbocycles. The minimum Gasteiger partial charge on any atom is -0.486 e. The Balaban J connectivity index is 1.57. The highest BCUT2D eigenvalue weighted by atomic mass is 16.6. The highest BCUT2D eigenvalue weighted by Gasteiger charge is 2.47. The highest BCUT2D eigenvalue weighted by Crippen LogP contribution is 2.52. The summed E-state index contributed by atoms with van der Waals surface area (Å²) in [6.45, 7) is 3.58. The van der Waals surface area contributed by atoms with Crippen LogP contribution in [0, 0.1) is 10.1 Å². The molecule has 1 unspecified atom stereocenters. The smallest absolute Gasteiger partial charge is 0.433 e. The topological polar surface area (TPSA) is 95.1 Å². The van der Waals surface area contributed by atoms with Gasteiger partial charge in [0, 0.05) is 12.0 Å². The fourth-order valence-corrected chi connectivity index (χ4v) is 5.03. The van der Waals surface area contributed by atoms with Crippen LogP contribution in [0.15, 0.2) is 28.7 Å². The summed E-state index contributed by atoms with van der Waals surface area (Å²) >= 11 is 0. The lowest BCUT2D eigenvalue weighted by Gasteiger charge is -2.46. The number of hydrogen-bond acceptors (Lipinski definition) is 6. The van der Waals surface area contributed by atoms with E-state index in [0.29, 0.717) is 25.5 Å². The molecule has 1 spiro atoms. The van der Waals surface area contributed by atoms with Gasteiger partial charge in [-0.05, 0) is 49.1 Å². The average Bonchev–Trinajstić information content (AvgIpc) is 3.40. The van der Waals surface area contributed by atoms with Crippen LogP contribution < -0.4 is 9.47 Å². The fourth-order valence-electron chi connectivity index (χ4n) is 5.03. The van der Waals surface area contributed by atoms with Crippen molar-refractivity contribution in [1.82, 2.24) is 4.90 Å². The van der Waals surface area contributed by atoms with E-state index >= 15 is 0 Å². The second kappa shape index (κ2) is 6.50. The first-order valence-electron chi connectivity index (χ1n) is 9.98. The van der Waals surface area contributed by atoms with Crippen LogP contribution >= 0.6 is 0 Å². The molecule has 0 saturated heterocycles. The van der Waals surface area contributed by atoms with Crippen molar-refractivity contribution in [1.29, 1.82) is 0 Å². The number of nitro groups is 1. The summed E-state index contributed by atoms with van der Waals surface area (Å²) in [5, 5.41) is 10.9. The van der Waals surface area contributed by atoms with E-state index in [2.05, 4.69) is 6.07 Å². The molecule has 0 radical (unpaired) electrons. The monoisotopic (exact) mass is 398 g/mol. The Morgan fingerprint density at radius 2 is 1.86 bits per heavy atom. The van der Waals surface area contributed by atoms with Crippen molar-refractivity contribution in [2.24, 2.45) is 0 Å². The predicted octanol–water partition coefficient (Wildman–Crippen LogP) is 3.99. The number of furan rings is 1. The maximum Gasteiger partial charge on any atom is 0.433 e. The molecule has 1 amide bonds. The van der Waals surface area contributed by atoms with E-state index in [4.69, 9.17) is 13.9 Å². The molecule has 5 rings (SSSR count). The quantitative estimate of drug-likeness (QED) is 0.561. The molecular formula is C21H22N2O6. The lowest BCUT2D eigenvalue weighted by molar-refractivity contribution is -0.402. The number of benzene rings is 1. The fraction of sp³-hybridized carbons (Fsp3) is 0.476. The molecule has 1 aromatic heterocycles. The molecule has 3 heterocycles. The molecule has 152 valence electrons. The summed E-state index contributed by atoms with van der Waals surface area (Å²) in [4.78, 5) is 25.3. The second-order valence-corrected chi connectivity index (χ2v) is 8.07. The van der Waals surface area contributed by atoms with Gasteiger partial charge < -0.3 is 18.8 Å². The van der Waals surface area contributed by atoms with E-state index in [1.807, 2.05) is 13.0 Å². The first-order chi connectivity index (χ1) is 14.0. The van der Waals surface area contributed by atoms with Crippen molar-refractivity contribution >= 4 is 11.8 Å². The van der Waals surface area contributed by atoms with Gasteiger partial charge in [-0.25, -0.2) is 0 Å². The molecule has 1 aromatic carbocycles. The Morgan fingerprint density at radius 1 is 1.17 bits per heavy atom. The molecule has 1 aliphatic carbocycles. The highest BCUT2D eigenvalue weighted by molar-refractivity contribution is 5.92. The lowest BCUT2D eigenvalue weighted by atomic mass is 9.71. The van der Waals surface area contributed by atoms with Gasteiger partial charge in [-0.1, -0.05) is 12.8 Å². The summed E-state index contributed by atoms with van der Waals surface area (Å²) in [6, 6.07) is 6.50. The Hall–Kier alpha value is -3.03. The maximum atomic E-state index is 13.2. The Bertz CT molecular complexity index is 991.